The molecule has 2 heterocycles. The predicted molar refractivity (Wildman–Crippen MR) is 101 cm³/mol. The van der Waals surface area contributed by atoms with E-state index in [1.54, 1.807) is 6.20 Å². The Morgan fingerprint density at radius 2 is 1.73 bits per heavy atom. The van der Waals surface area contributed by atoms with Crippen LogP contribution in [0, 0.1) is 6.92 Å². The third kappa shape index (κ3) is 2.94. The van der Waals surface area contributed by atoms with Gasteiger partial charge in [0.05, 0.1) is 34.9 Å². The molecule has 132 valence electrons. The highest BCUT2D eigenvalue weighted by Gasteiger charge is 2.36. The van der Waals surface area contributed by atoms with E-state index in [1.807, 2.05) is 55.5 Å². The number of aryl methyl sites for hydroxylation is 1. The zero-order valence-electron chi connectivity index (χ0n) is 14.5. The minimum absolute atomic E-state index is 0.463. The highest BCUT2D eigenvalue weighted by molar-refractivity contribution is 7.88. The fourth-order valence-electron chi connectivity index (χ4n) is 3.21. The van der Waals surface area contributed by atoms with Crippen molar-refractivity contribution in [1.82, 2.24) is 14.4 Å². The smallest absolute Gasteiger partial charge is 0.247 e. The Morgan fingerprint density at radius 3 is 2.46 bits per heavy atom. The molecule has 0 aliphatic carbocycles. The van der Waals surface area contributed by atoms with E-state index in [0.717, 1.165) is 32.3 Å². The van der Waals surface area contributed by atoms with E-state index in [4.69, 9.17) is 0 Å². The van der Waals surface area contributed by atoms with Gasteiger partial charge in [-0.05, 0) is 24.6 Å². The molecule has 0 bridgehead atoms. The van der Waals surface area contributed by atoms with Gasteiger partial charge in [-0.15, -0.1) is 0 Å². The zero-order chi connectivity index (χ0) is 18.3. The van der Waals surface area contributed by atoms with Crippen LogP contribution in [0.1, 0.15) is 29.3 Å². The average molecular weight is 366 g/mol. The van der Waals surface area contributed by atoms with Crippen LogP contribution in [0.5, 0.6) is 0 Å². The number of hydrogen-bond donors (Lipinski definition) is 0. The molecule has 0 spiro atoms. The first kappa shape index (κ1) is 16.7. The number of rotatable bonds is 3. The lowest BCUT2D eigenvalue weighted by molar-refractivity contribution is 0.368. The highest BCUT2D eigenvalue weighted by Crippen LogP contribution is 2.34. The Hall–Kier alpha value is -2.80. The SMILES string of the molecule is Cc1ccccc1C1=NN(S(C)(=O)=O)C(c2cnc3ccccc3n2)C1. The van der Waals surface area contributed by atoms with Gasteiger partial charge in [-0.1, -0.05) is 36.4 Å². The second kappa shape index (κ2) is 6.17. The standard InChI is InChI=1S/C19H18N4O2S/c1-13-7-3-4-8-14(13)17-11-19(23(22-17)26(2,24)25)18-12-20-15-9-5-6-10-16(15)21-18/h3-10,12,19H,11H2,1-2H3. The summed E-state index contributed by atoms with van der Waals surface area (Å²) in [6.45, 7) is 1.99. The third-order valence-corrected chi connectivity index (χ3v) is 5.49. The Bertz CT molecular complexity index is 1130. The van der Waals surface area contributed by atoms with Gasteiger partial charge in [-0.3, -0.25) is 4.98 Å². The molecule has 1 aliphatic heterocycles. The molecule has 1 aromatic heterocycles. The van der Waals surface area contributed by atoms with Crippen molar-refractivity contribution in [3.05, 3.63) is 71.5 Å². The molecule has 1 atom stereocenters. The number of benzene rings is 2. The van der Waals surface area contributed by atoms with Crippen molar-refractivity contribution in [2.45, 2.75) is 19.4 Å². The molecule has 7 heteroatoms. The Balaban J connectivity index is 1.79. The van der Waals surface area contributed by atoms with E-state index >= 15 is 0 Å². The molecule has 0 N–H and O–H groups in total. The van der Waals surface area contributed by atoms with Crippen LogP contribution in [0.3, 0.4) is 0 Å². The molecule has 0 saturated heterocycles. The van der Waals surface area contributed by atoms with Crippen molar-refractivity contribution < 1.29 is 8.42 Å². The van der Waals surface area contributed by atoms with Gasteiger partial charge in [-0.25, -0.2) is 13.4 Å². The Morgan fingerprint density at radius 1 is 1.04 bits per heavy atom. The second-order valence-corrected chi connectivity index (χ2v) is 8.24. The number of nitrogens with zero attached hydrogens (tertiary/aromatic N) is 4. The average Bonchev–Trinajstić information content (AvgIpc) is 3.07. The van der Waals surface area contributed by atoms with E-state index in [1.165, 1.54) is 6.26 Å². The molecule has 0 amide bonds. The lowest BCUT2D eigenvalue weighted by atomic mass is 9.99. The van der Waals surface area contributed by atoms with Crippen molar-refractivity contribution >= 4 is 26.8 Å². The van der Waals surface area contributed by atoms with E-state index in [9.17, 15) is 8.42 Å². The summed E-state index contributed by atoms with van der Waals surface area (Å²) in [5.74, 6) is 0. The van der Waals surface area contributed by atoms with Gasteiger partial charge in [0, 0.05) is 12.0 Å². The second-order valence-electron chi connectivity index (χ2n) is 6.40. The number of fused-ring (bicyclic) bond motifs is 1. The maximum absolute atomic E-state index is 12.3. The molecule has 3 aromatic rings. The van der Waals surface area contributed by atoms with Crippen LogP contribution in [0.25, 0.3) is 11.0 Å². The van der Waals surface area contributed by atoms with Crippen LogP contribution in [-0.4, -0.2) is 34.8 Å². The molecule has 0 saturated carbocycles. The van der Waals surface area contributed by atoms with Crippen LogP contribution in [0.2, 0.25) is 0 Å². The molecule has 4 rings (SSSR count). The lowest BCUT2D eigenvalue weighted by Crippen LogP contribution is -2.26. The van der Waals surface area contributed by atoms with Crippen molar-refractivity contribution in [2.24, 2.45) is 5.10 Å². The molecule has 2 aromatic carbocycles. The van der Waals surface area contributed by atoms with Crippen LogP contribution in [0.15, 0.2) is 59.8 Å². The fourth-order valence-corrected chi connectivity index (χ4v) is 4.10. The first-order valence-electron chi connectivity index (χ1n) is 8.28. The normalized spacial score (nSPS) is 17.5. The van der Waals surface area contributed by atoms with E-state index < -0.39 is 16.1 Å². The van der Waals surface area contributed by atoms with Gasteiger partial charge in [0.25, 0.3) is 0 Å². The van der Waals surface area contributed by atoms with Crippen LogP contribution in [0.4, 0.5) is 0 Å². The topological polar surface area (TPSA) is 75.5 Å². The summed E-state index contributed by atoms with van der Waals surface area (Å²) in [7, 11) is -3.53. The summed E-state index contributed by atoms with van der Waals surface area (Å²) in [4.78, 5) is 9.05. The summed E-state index contributed by atoms with van der Waals surface area (Å²) in [5.41, 5.74) is 4.88. The number of hydrogen-bond acceptors (Lipinski definition) is 5. The van der Waals surface area contributed by atoms with Crippen molar-refractivity contribution in [3.8, 4) is 0 Å². The Kier molecular flexibility index (Phi) is 3.96. The number of aromatic nitrogens is 2. The zero-order valence-corrected chi connectivity index (χ0v) is 15.3. The lowest BCUT2D eigenvalue weighted by Gasteiger charge is -2.20. The van der Waals surface area contributed by atoms with Gasteiger partial charge in [0.2, 0.25) is 10.0 Å². The highest BCUT2D eigenvalue weighted by atomic mass is 32.2. The number of sulfonamides is 1. The molecular formula is C19H18N4O2S. The molecule has 1 unspecified atom stereocenters. The summed E-state index contributed by atoms with van der Waals surface area (Å²) in [5, 5.41) is 4.42. The summed E-state index contributed by atoms with van der Waals surface area (Å²) in [6.07, 6.45) is 3.27. The summed E-state index contributed by atoms with van der Waals surface area (Å²) < 4.78 is 25.8. The molecule has 1 aliphatic rings. The van der Waals surface area contributed by atoms with Crippen molar-refractivity contribution in [3.63, 3.8) is 0 Å². The largest absolute Gasteiger partial charge is 0.253 e. The molecule has 6 nitrogen and oxygen atoms in total. The Labute approximate surface area is 152 Å². The number of hydrazone groups is 1. The third-order valence-electron chi connectivity index (χ3n) is 4.48. The van der Waals surface area contributed by atoms with Gasteiger partial charge < -0.3 is 0 Å². The van der Waals surface area contributed by atoms with E-state index in [2.05, 4.69) is 15.1 Å². The fraction of sp³-hybridized carbons (Fsp3) is 0.211. The van der Waals surface area contributed by atoms with E-state index in [-0.39, 0.29) is 0 Å². The maximum Gasteiger partial charge on any atom is 0.247 e. The van der Waals surface area contributed by atoms with Gasteiger partial charge in [0.15, 0.2) is 0 Å². The van der Waals surface area contributed by atoms with Crippen molar-refractivity contribution in [2.75, 3.05) is 6.26 Å². The van der Waals surface area contributed by atoms with Crippen LogP contribution < -0.4 is 0 Å². The molecular weight excluding hydrogens is 348 g/mol. The first-order valence-corrected chi connectivity index (χ1v) is 10.1. The van der Waals surface area contributed by atoms with Crippen LogP contribution >= 0.6 is 0 Å². The minimum Gasteiger partial charge on any atom is -0.253 e. The first-order chi connectivity index (χ1) is 12.4. The molecule has 0 radical (unpaired) electrons. The summed E-state index contributed by atoms with van der Waals surface area (Å²) >= 11 is 0. The monoisotopic (exact) mass is 366 g/mol. The van der Waals surface area contributed by atoms with Gasteiger partial charge >= 0.3 is 0 Å². The van der Waals surface area contributed by atoms with Gasteiger partial charge in [0.1, 0.15) is 6.04 Å². The summed E-state index contributed by atoms with van der Waals surface area (Å²) in [6, 6.07) is 14.9. The molecule has 0 fully saturated rings. The quantitative estimate of drug-likeness (QED) is 0.714. The van der Waals surface area contributed by atoms with Gasteiger partial charge in [-0.2, -0.15) is 9.52 Å². The number of para-hydroxylation sites is 2. The predicted octanol–water partition coefficient (Wildman–Crippen LogP) is 3.05. The van der Waals surface area contributed by atoms with Crippen LogP contribution in [-0.2, 0) is 10.0 Å². The minimum atomic E-state index is -3.53. The van der Waals surface area contributed by atoms with Crippen molar-refractivity contribution in [1.29, 1.82) is 0 Å². The van der Waals surface area contributed by atoms with E-state index in [0.29, 0.717) is 12.1 Å². The maximum atomic E-state index is 12.3. The molecule has 26 heavy (non-hydrogen) atoms.